The number of carbonyl (C=O) groups is 2. The molecule has 8 heteroatoms. The van der Waals surface area contributed by atoms with Gasteiger partial charge in [0.25, 0.3) is 0 Å². The van der Waals surface area contributed by atoms with E-state index in [4.69, 9.17) is 16.3 Å². The molecule has 1 amide bonds. The van der Waals surface area contributed by atoms with Crippen LogP contribution in [0, 0.1) is 5.92 Å². The Morgan fingerprint density at radius 2 is 1.93 bits per heavy atom. The van der Waals surface area contributed by atoms with E-state index < -0.39 is 0 Å². The van der Waals surface area contributed by atoms with Crippen molar-refractivity contribution >= 4 is 29.4 Å². The fourth-order valence-corrected chi connectivity index (χ4v) is 3.18. The maximum atomic E-state index is 12.5. The van der Waals surface area contributed by atoms with Gasteiger partial charge in [0.05, 0.1) is 19.4 Å². The summed E-state index contributed by atoms with van der Waals surface area (Å²) in [4.78, 5) is 32.3. The third-order valence-corrected chi connectivity index (χ3v) is 4.79. The van der Waals surface area contributed by atoms with E-state index in [9.17, 15) is 9.59 Å². The molecule has 0 aromatic heterocycles. The summed E-state index contributed by atoms with van der Waals surface area (Å²) >= 11 is 5.98. The second-order valence-electron chi connectivity index (χ2n) is 6.53. The third kappa shape index (κ3) is 6.13. The van der Waals surface area contributed by atoms with Crippen molar-refractivity contribution in [2.75, 3.05) is 46.9 Å². The van der Waals surface area contributed by atoms with Gasteiger partial charge in [-0.1, -0.05) is 30.7 Å². The Morgan fingerprint density at radius 1 is 1.26 bits per heavy atom. The van der Waals surface area contributed by atoms with Crippen molar-refractivity contribution in [1.29, 1.82) is 0 Å². The van der Waals surface area contributed by atoms with Crippen molar-refractivity contribution in [3.8, 4) is 0 Å². The molecule has 0 radical (unpaired) electrons. The van der Waals surface area contributed by atoms with Crippen LogP contribution in [-0.2, 0) is 20.7 Å². The maximum absolute atomic E-state index is 12.5. The Hall–Kier alpha value is -2.28. The first-order chi connectivity index (χ1) is 12.9. The number of amides is 1. The molecule has 1 atom stereocenters. The number of rotatable bonds is 5. The van der Waals surface area contributed by atoms with Crippen molar-refractivity contribution in [2.24, 2.45) is 10.9 Å². The minimum atomic E-state index is -0.257. The van der Waals surface area contributed by atoms with Crippen molar-refractivity contribution in [1.82, 2.24) is 15.1 Å². The smallest absolute Gasteiger partial charge is 0.310 e. The highest BCUT2D eigenvalue weighted by molar-refractivity contribution is 6.30. The van der Waals surface area contributed by atoms with E-state index in [1.165, 1.54) is 7.11 Å². The Morgan fingerprint density at radius 3 is 2.52 bits per heavy atom. The van der Waals surface area contributed by atoms with Crippen LogP contribution in [0.5, 0.6) is 0 Å². The van der Waals surface area contributed by atoms with Crippen molar-refractivity contribution < 1.29 is 14.3 Å². The molecule has 0 bridgehead atoms. The third-order valence-electron chi connectivity index (χ3n) is 4.56. The highest BCUT2D eigenvalue weighted by Gasteiger charge is 2.23. The van der Waals surface area contributed by atoms with Crippen LogP contribution in [0.3, 0.4) is 0 Å². The van der Waals surface area contributed by atoms with E-state index in [0.29, 0.717) is 44.2 Å². The van der Waals surface area contributed by atoms with Gasteiger partial charge in [-0.3, -0.25) is 14.6 Å². The van der Waals surface area contributed by atoms with Gasteiger partial charge in [0, 0.05) is 44.8 Å². The van der Waals surface area contributed by atoms with E-state index in [1.54, 1.807) is 20.0 Å². The summed E-state index contributed by atoms with van der Waals surface area (Å²) < 4.78 is 4.74. The zero-order chi connectivity index (χ0) is 19.8. The number of nitrogens with zero attached hydrogens (tertiary/aromatic N) is 3. The molecule has 1 unspecified atom stereocenters. The minimum absolute atomic E-state index is 0.0965. The number of esters is 1. The van der Waals surface area contributed by atoms with Crippen LogP contribution < -0.4 is 5.32 Å². The van der Waals surface area contributed by atoms with Crippen molar-refractivity contribution in [2.45, 2.75) is 13.3 Å². The van der Waals surface area contributed by atoms with Crippen LogP contribution in [0.4, 0.5) is 0 Å². The Kier molecular flexibility index (Phi) is 7.91. The largest absolute Gasteiger partial charge is 0.469 e. The van der Waals surface area contributed by atoms with Gasteiger partial charge in [0.1, 0.15) is 0 Å². The van der Waals surface area contributed by atoms with E-state index in [-0.39, 0.29) is 17.8 Å². The molecular formula is C19H27ClN4O3. The number of carbonyl (C=O) groups excluding carboxylic acids is 2. The average molecular weight is 395 g/mol. The summed E-state index contributed by atoms with van der Waals surface area (Å²) in [6, 6.07) is 7.39. The molecule has 2 rings (SSSR count). The number of halogens is 1. The molecule has 1 saturated heterocycles. The molecule has 148 valence electrons. The van der Waals surface area contributed by atoms with Crippen LogP contribution >= 0.6 is 11.6 Å². The first-order valence-electron chi connectivity index (χ1n) is 9.00. The number of nitrogens with one attached hydrogen (secondary N) is 1. The number of methoxy groups -OCH3 is 1. The van der Waals surface area contributed by atoms with E-state index >= 15 is 0 Å². The van der Waals surface area contributed by atoms with Crippen molar-refractivity contribution in [3.05, 3.63) is 34.9 Å². The lowest BCUT2D eigenvalue weighted by molar-refractivity contribution is -0.144. The lowest BCUT2D eigenvalue weighted by Crippen LogP contribution is -2.54. The van der Waals surface area contributed by atoms with Gasteiger partial charge in [0.15, 0.2) is 5.96 Å². The number of ether oxygens (including phenoxy) is 1. The number of guanidine groups is 1. The summed E-state index contributed by atoms with van der Waals surface area (Å²) in [6.07, 6.45) is 0.351. The predicted octanol–water partition coefficient (Wildman–Crippen LogP) is 1.41. The van der Waals surface area contributed by atoms with Crippen LogP contribution in [0.25, 0.3) is 0 Å². The predicted molar refractivity (Wildman–Crippen MR) is 106 cm³/mol. The number of piperazine rings is 1. The SMILES string of the molecule is CN=C(NCC(C)C(=O)OC)N1CCN(C(=O)Cc2cccc(Cl)c2)CC1. The Balaban J connectivity index is 1.82. The number of hydrogen-bond acceptors (Lipinski definition) is 4. The molecule has 1 fully saturated rings. The van der Waals surface area contributed by atoms with E-state index in [0.717, 1.165) is 11.5 Å². The quantitative estimate of drug-likeness (QED) is 0.464. The van der Waals surface area contributed by atoms with Crippen molar-refractivity contribution in [3.63, 3.8) is 0 Å². The zero-order valence-electron chi connectivity index (χ0n) is 16.1. The average Bonchev–Trinajstić information content (AvgIpc) is 2.68. The van der Waals surface area contributed by atoms with Gasteiger partial charge >= 0.3 is 5.97 Å². The van der Waals surface area contributed by atoms with Gasteiger partial charge < -0.3 is 19.9 Å². The summed E-state index contributed by atoms with van der Waals surface area (Å²) in [5, 5.41) is 3.84. The first-order valence-corrected chi connectivity index (χ1v) is 9.38. The van der Waals surface area contributed by atoms with Gasteiger partial charge in [-0.15, -0.1) is 0 Å². The number of hydrogen-bond donors (Lipinski definition) is 1. The molecule has 1 aliphatic rings. The van der Waals surface area contributed by atoms with Gasteiger partial charge in [-0.2, -0.15) is 0 Å². The van der Waals surface area contributed by atoms with E-state index in [1.807, 2.05) is 23.1 Å². The Bertz CT molecular complexity index is 687. The first kappa shape index (κ1) is 21.0. The highest BCUT2D eigenvalue weighted by Crippen LogP contribution is 2.13. The van der Waals surface area contributed by atoms with Gasteiger partial charge in [0.2, 0.25) is 5.91 Å². The van der Waals surface area contributed by atoms with Crippen LogP contribution in [0.1, 0.15) is 12.5 Å². The number of benzene rings is 1. The molecule has 0 saturated carbocycles. The standard InChI is InChI=1S/C19H27ClN4O3/c1-14(18(26)27-3)13-22-19(21-2)24-9-7-23(8-10-24)17(25)12-15-5-4-6-16(20)11-15/h4-6,11,14H,7-10,12-13H2,1-3H3,(H,21,22). The summed E-state index contributed by atoms with van der Waals surface area (Å²) in [5.41, 5.74) is 0.921. The van der Waals surface area contributed by atoms with Crippen LogP contribution in [-0.4, -0.2) is 74.5 Å². The molecule has 0 spiro atoms. The molecule has 1 aliphatic heterocycles. The molecule has 1 aromatic carbocycles. The lowest BCUT2D eigenvalue weighted by atomic mass is 10.1. The second kappa shape index (κ2) is 10.2. The summed E-state index contributed by atoms with van der Waals surface area (Å²) in [7, 11) is 3.09. The molecule has 1 heterocycles. The minimum Gasteiger partial charge on any atom is -0.469 e. The van der Waals surface area contributed by atoms with Crippen LogP contribution in [0.2, 0.25) is 5.02 Å². The normalized spacial score (nSPS) is 16.1. The molecule has 1 N–H and O–H groups in total. The fourth-order valence-electron chi connectivity index (χ4n) is 2.96. The molecule has 27 heavy (non-hydrogen) atoms. The van der Waals surface area contributed by atoms with Gasteiger partial charge in [-0.05, 0) is 17.7 Å². The lowest BCUT2D eigenvalue weighted by Gasteiger charge is -2.36. The second-order valence-corrected chi connectivity index (χ2v) is 6.96. The summed E-state index contributed by atoms with van der Waals surface area (Å²) in [5.74, 6) is 0.313. The molecular weight excluding hydrogens is 368 g/mol. The van der Waals surface area contributed by atoms with Crippen LogP contribution in [0.15, 0.2) is 29.3 Å². The van der Waals surface area contributed by atoms with Gasteiger partial charge in [-0.25, -0.2) is 0 Å². The van der Waals surface area contributed by atoms with E-state index in [2.05, 4.69) is 15.2 Å². The zero-order valence-corrected chi connectivity index (χ0v) is 16.8. The topological polar surface area (TPSA) is 74.2 Å². The molecule has 0 aliphatic carbocycles. The monoisotopic (exact) mass is 394 g/mol. The highest BCUT2D eigenvalue weighted by atomic mass is 35.5. The Labute approximate surface area is 165 Å². The summed E-state index contributed by atoms with van der Waals surface area (Å²) in [6.45, 7) is 4.90. The molecule has 7 nitrogen and oxygen atoms in total. The molecule has 1 aromatic rings. The maximum Gasteiger partial charge on any atom is 0.310 e. The fraction of sp³-hybridized carbons (Fsp3) is 0.526. The number of aliphatic imine (C=N–C) groups is 1.